The van der Waals surface area contributed by atoms with Crippen molar-refractivity contribution in [1.82, 2.24) is 9.97 Å². The lowest BCUT2D eigenvalue weighted by Gasteiger charge is -2.06. The second-order valence-electron chi connectivity index (χ2n) is 6.77. The third kappa shape index (κ3) is 4.67. The maximum absolute atomic E-state index is 12.9. The van der Waals surface area contributed by atoms with Gasteiger partial charge in [0.1, 0.15) is 11.4 Å². The Kier molecular flexibility index (Phi) is 5.75. The van der Waals surface area contributed by atoms with Gasteiger partial charge in [-0.2, -0.15) is 9.13 Å². The van der Waals surface area contributed by atoms with Gasteiger partial charge in [-0.3, -0.25) is 9.59 Å². The summed E-state index contributed by atoms with van der Waals surface area (Å²) in [5.41, 5.74) is 1.20. The van der Waals surface area contributed by atoms with E-state index in [0.717, 1.165) is 5.56 Å². The Morgan fingerprint density at radius 3 is 1.53 bits per heavy atom. The third-order valence-corrected chi connectivity index (χ3v) is 4.54. The summed E-state index contributed by atoms with van der Waals surface area (Å²) in [5, 5.41) is 0. The predicted molar refractivity (Wildman–Crippen MR) is 109 cm³/mol. The summed E-state index contributed by atoms with van der Waals surface area (Å²) in [4.78, 5) is 34.7. The lowest BCUT2D eigenvalue weighted by atomic mass is 10.1. The van der Waals surface area contributed by atoms with Crippen LogP contribution in [0.25, 0.3) is 11.4 Å². The van der Waals surface area contributed by atoms with E-state index < -0.39 is 0 Å². The third-order valence-electron chi connectivity index (χ3n) is 4.54. The largest absolute Gasteiger partial charge is 0.285 e. The number of pyridine rings is 2. The number of hydrogen-bond donors (Lipinski definition) is 0. The van der Waals surface area contributed by atoms with Crippen LogP contribution >= 0.6 is 0 Å². The first-order valence-corrected chi connectivity index (χ1v) is 9.58. The number of benzene rings is 1. The number of hydrogen-bond acceptors (Lipinski definition) is 4. The van der Waals surface area contributed by atoms with Crippen molar-refractivity contribution in [3.05, 3.63) is 109 Å². The van der Waals surface area contributed by atoms with Gasteiger partial charge in [-0.25, -0.2) is 9.97 Å². The Labute approximate surface area is 174 Å². The molecule has 0 saturated carbocycles. The number of ketones is 2. The van der Waals surface area contributed by atoms with E-state index in [4.69, 9.17) is 0 Å². The van der Waals surface area contributed by atoms with E-state index in [1.165, 1.54) is 6.07 Å². The van der Waals surface area contributed by atoms with Gasteiger partial charge in [0.2, 0.25) is 24.7 Å². The number of carbonyl (C=O) groups is 2. The lowest BCUT2D eigenvalue weighted by Crippen LogP contribution is -2.38. The molecular weight excluding hydrogens is 376 g/mol. The Morgan fingerprint density at radius 1 is 0.633 bits per heavy atom. The van der Waals surface area contributed by atoms with Gasteiger partial charge in [0.25, 0.3) is 0 Å². The molecule has 146 valence electrons. The zero-order chi connectivity index (χ0) is 20.8. The molecule has 0 aliphatic rings. The van der Waals surface area contributed by atoms with Crippen molar-refractivity contribution in [2.45, 2.75) is 13.1 Å². The fraction of sp³-hybridized carbons (Fsp3) is 0.0833. The quantitative estimate of drug-likeness (QED) is 0.356. The minimum Gasteiger partial charge on any atom is -0.285 e. The summed E-state index contributed by atoms with van der Waals surface area (Å²) in [6, 6.07) is 22.0. The number of carbonyl (C=O) groups excluding carboxylic acids is 2. The van der Waals surface area contributed by atoms with Crippen LogP contribution in [-0.4, -0.2) is 21.5 Å². The summed E-state index contributed by atoms with van der Waals surface area (Å²) < 4.78 is 3.54. The van der Waals surface area contributed by atoms with Gasteiger partial charge in [-0.1, -0.05) is 42.5 Å². The first-order chi connectivity index (χ1) is 14.7. The van der Waals surface area contributed by atoms with Gasteiger partial charge in [0.15, 0.2) is 30.6 Å². The Morgan fingerprint density at radius 2 is 1.07 bits per heavy atom. The van der Waals surface area contributed by atoms with Crippen LogP contribution in [0, 0.1) is 0 Å². The van der Waals surface area contributed by atoms with Crippen LogP contribution in [0.4, 0.5) is 0 Å². The highest BCUT2D eigenvalue weighted by atomic mass is 16.1. The van der Waals surface area contributed by atoms with Crippen molar-refractivity contribution < 1.29 is 18.7 Å². The van der Waals surface area contributed by atoms with Crippen LogP contribution in [0.15, 0.2) is 97.6 Å². The molecule has 0 atom stereocenters. The van der Waals surface area contributed by atoms with E-state index in [1.807, 2.05) is 91.5 Å². The van der Waals surface area contributed by atoms with Crippen molar-refractivity contribution in [3.63, 3.8) is 0 Å². The smallest absolute Gasteiger partial charge is 0.245 e. The molecule has 0 aliphatic heterocycles. The molecule has 0 spiro atoms. The highest BCUT2D eigenvalue weighted by Gasteiger charge is 2.21. The minimum atomic E-state index is -0.188. The molecule has 4 rings (SSSR count). The molecule has 0 fully saturated rings. The topological polar surface area (TPSA) is 67.7 Å². The van der Waals surface area contributed by atoms with E-state index >= 15 is 0 Å². The molecule has 6 heteroatoms. The molecule has 0 saturated heterocycles. The van der Waals surface area contributed by atoms with Crippen LogP contribution in [0.2, 0.25) is 0 Å². The summed E-state index contributed by atoms with van der Waals surface area (Å²) >= 11 is 0. The van der Waals surface area contributed by atoms with Gasteiger partial charge in [-0.05, 0) is 6.07 Å². The second kappa shape index (κ2) is 8.96. The maximum Gasteiger partial charge on any atom is 0.245 e. The lowest BCUT2D eigenvalue weighted by molar-refractivity contribution is -0.683. The van der Waals surface area contributed by atoms with Gasteiger partial charge < -0.3 is 0 Å². The number of aromatic nitrogens is 4. The fourth-order valence-electron chi connectivity index (χ4n) is 3.02. The van der Waals surface area contributed by atoms with Crippen molar-refractivity contribution >= 4 is 11.6 Å². The Hall–Kier alpha value is -4.06. The normalized spacial score (nSPS) is 10.5. The first kappa shape index (κ1) is 19.3. The van der Waals surface area contributed by atoms with E-state index in [0.29, 0.717) is 5.82 Å². The fourth-order valence-corrected chi connectivity index (χ4v) is 3.02. The molecule has 4 aromatic rings. The number of Topliss-reactive ketones (excluding diaryl/α,β-unsaturated/α-hetero) is 2. The molecule has 6 nitrogen and oxygen atoms in total. The number of nitrogens with zero attached hydrogens (tertiary/aromatic N) is 4. The van der Waals surface area contributed by atoms with Crippen LogP contribution in [0.1, 0.15) is 21.0 Å². The van der Waals surface area contributed by atoms with E-state index in [-0.39, 0.29) is 36.0 Å². The second-order valence-corrected chi connectivity index (χ2v) is 6.77. The molecule has 0 bridgehead atoms. The Bertz CT molecular complexity index is 1090. The van der Waals surface area contributed by atoms with Crippen molar-refractivity contribution in [3.8, 4) is 11.4 Å². The van der Waals surface area contributed by atoms with Gasteiger partial charge >= 0.3 is 0 Å². The predicted octanol–water partition coefficient (Wildman–Crippen LogP) is 2.48. The van der Waals surface area contributed by atoms with E-state index in [9.17, 15) is 9.59 Å². The molecule has 0 N–H and O–H groups in total. The highest BCUT2D eigenvalue weighted by Crippen LogP contribution is 2.16. The zero-order valence-corrected chi connectivity index (χ0v) is 16.3. The monoisotopic (exact) mass is 396 g/mol. The maximum atomic E-state index is 12.9. The van der Waals surface area contributed by atoms with Crippen LogP contribution in [0.3, 0.4) is 0 Å². The molecular formula is C24H20N4O2+2. The summed E-state index contributed by atoms with van der Waals surface area (Å²) in [6.07, 6.45) is 7.26. The molecule has 0 amide bonds. The SMILES string of the molecule is O=C(C[n+]1ccccc1)c1cc(C(=O)C[n+]2ccccc2)nc(-c2ccccc2)n1. The Balaban J connectivity index is 1.69. The molecule has 3 heterocycles. The molecule has 0 aliphatic carbocycles. The molecule has 0 unspecified atom stereocenters. The standard InChI is InChI=1S/C24H20N4O2/c29-22(17-27-12-6-2-7-13-27)20-16-21(23(30)18-28-14-8-3-9-15-28)26-24(25-20)19-10-4-1-5-11-19/h1-16H,17-18H2/q+2. The van der Waals surface area contributed by atoms with Crippen molar-refractivity contribution in [2.24, 2.45) is 0 Å². The molecule has 1 aromatic carbocycles. The van der Waals surface area contributed by atoms with E-state index in [2.05, 4.69) is 9.97 Å². The number of rotatable bonds is 7. The van der Waals surface area contributed by atoms with Crippen molar-refractivity contribution in [1.29, 1.82) is 0 Å². The van der Waals surface area contributed by atoms with Gasteiger partial charge in [-0.15, -0.1) is 0 Å². The van der Waals surface area contributed by atoms with Crippen LogP contribution in [-0.2, 0) is 13.1 Å². The van der Waals surface area contributed by atoms with Crippen LogP contribution in [0.5, 0.6) is 0 Å². The summed E-state index contributed by atoms with van der Waals surface area (Å²) in [7, 11) is 0. The summed E-state index contributed by atoms with van der Waals surface area (Å²) in [6.45, 7) is 0.264. The molecule has 30 heavy (non-hydrogen) atoms. The zero-order valence-electron chi connectivity index (χ0n) is 16.3. The highest BCUT2D eigenvalue weighted by molar-refractivity contribution is 5.98. The molecule has 3 aromatic heterocycles. The average molecular weight is 396 g/mol. The van der Waals surface area contributed by atoms with Gasteiger partial charge in [0, 0.05) is 29.8 Å². The summed E-state index contributed by atoms with van der Waals surface area (Å²) in [5.74, 6) is -0.0136. The molecule has 0 radical (unpaired) electrons. The van der Waals surface area contributed by atoms with Crippen molar-refractivity contribution in [2.75, 3.05) is 0 Å². The van der Waals surface area contributed by atoms with Crippen LogP contribution < -0.4 is 9.13 Å². The van der Waals surface area contributed by atoms with E-state index in [1.54, 1.807) is 9.13 Å². The minimum absolute atomic E-state index is 0.132. The van der Waals surface area contributed by atoms with Gasteiger partial charge in [0.05, 0.1) is 0 Å². The average Bonchev–Trinajstić information content (AvgIpc) is 2.80. The first-order valence-electron chi connectivity index (χ1n) is 9.58.